The predicted octanol–water partition coefficient (Wildman–Crippen LogP) is 4.61. The van der Waals surface area contributed by atoms with E-state index in [-0.39, 0.29) is 23.4 Å². The maximum atomic E-state index is 12.9. The largest absolute Gasteiger partial charge is 0.349 e. The lowest BCUT2D eigenvalue weighted by Crippen LogP contribution is -2.36. The van der Waals surface area contributed by atoms with Gasteiger partial charge < -0.3 is 5.32 Å². The molecule has 1 amide bonds. The van der Waals surface area contributed by atoms with Crippen LogP contribution in [-0.4, -0.2) is 31.2 Å². The van der Waals surface area contributed by atoms with Crippen LogP contribution in [0.1, 0.15) is 54.9 Å². The van der Waals surface area contributed by atoms with Gasteiger partial charge in [0.15, 0.2) is 0 Å². The van der Waals surface area contributed by atoms with Crippen LogP contribution < -0.4 is 5.32 Å². The van der Waals surface area contributed by atoms with E-state index in [1.807, 2.05) is 12.1 Å². The molecule has 1 N–H and O–H groups in total. The molecule has 29 heavy (non-hydrogen) atoms. The fourth-order valence-corrected chi connectivity index (χ4v) is 5.17. The topological polar surface area (TPSA) is 66.5 Å². The van der Waals surface area contributed by atoms with Crippen molar-refractivity contribution in [3.63, 3.8) is 0 Å². The molecule has 1 aliphatic carbocycles. The van der Waals surface area contributed by atoms with E-state index in [0.717, 1.165) is 18.4 Å². The number of hydrogen-bond acceptors (Lipinski definition) is 3. The lowest BCUT2D eigenvalue weighted by atomic mass is 9.95. The highest BCUT2D eigenvalue weighted by atomic mass is 35.5. The molecule has 1 aliphatic rings. The van der Waals surface area contributed by atoms with Gasteiger partial charge in [-0.25, -0.2) is 8.42 Å². The van der Waals surface area contributed by atoms with Gasteiger partial charge >= 0.3 is 0 Å². The molecule has 0 radical (unpaired) electrons. The van der Waals surface area contributed by atoms with Crippen LogP contribution in [0.2, 0.25) is 5.02 Å². The number of hydrogen-bond donors (Lipinski definition) is 1. The molecular formula is C22H27ClN2O3S. The first-order chi connectivity index (χ1) is 13.9. The quantitative estimate of drug-likeness (QED) is 0.691. The van der Waals surface area contributed by atoms with Crippen molar-refractivity contribution in [1.29, 1.82) is 0 Å². The molecular weight excluding hydrogens is 408 g/mol. The van der Waals surface area contributed by atoms with Gasteiger partial charge in [-0.1, -0.05) is 49.9 Å². The Labute approximate surface area is 178 Å². The van der Waals surface area contributed by atoms with Crippen LogP contribution in [0.15, 0.2) is 53.4 Å². The first-order valence-corrected chi connectivity index (χ1v) is 11.9. The van der Waals surface area contributed by atoms with Gasteiger partial charge in [-0.15, -0.1) is 0 Å². The smallest absolute Gasteiger partial charge is 0.251 e. The standard InChI is InChI=1S/C22H27ClN2O3S/c1-2-25(29(27,28)21-14-12-19(23)13-15-21)16-17-8-10-18(11-9-17)22(26)24-20-6-4-3-5-7-20/h8-15,20H,2-7,16H2,1H3,(H,24,26). The van der Waals surface area contributed by atoms with E-state index in [1.165, 1.54) is 35.7 Å². The van der Waals surface area contributed by atoms with Crippen molar-refractivity contribution >= 4 is 27.5 Å². The zero-order valence-corrected chi connectivity index (χ0v) is 18.2. The number of halogens is 1. The Morgan fingerprint density at radius 2 is 1.66 bits per heavy atom. The molecule has 0 heterocycles. The van der Waals surface area contributed by atoms with Crippen LogP contribution in [0.4, 0.5) is 0 Å². The van der Waals surface area contributed by atoms with E-state index < -0.39 is 10.0 Å². The Balaban J connectivity index is 1.67. The van der Waals surface area contributed by atoms with Crippen molar-refractivity contribution in [3.8, 4) is 0 Å². The van der Waals surface area contributed by atoms with E-state index in [9.17, 15) is 13.2 Å². The van der Waals surface area contributed by atoms with Gasteiger partial charge in [0.1, 0.15) is 0 Å². The molecule has 0 atom stereocenters. The molecule has 2 aromatic carbocycles. The molecule has 156 valence electrons. The number of amides is 1. The summed E-state index contributed by atoms with van der Waals surface area (Å²) in [6.45, 7) is 2.39. The molecule has 3 rings (SSSR count). The van der Waals surface area contributed by atoms with E-state index in [2.05, 4.69) is 5.32 Å². The summed E-state index contributed by atoms with van der Waals surface area (Å²) in [5, 5.41) is 3.60. The van der Waals surface area contributed by atoms with Crippen molar-refractivity contribution in [2.24, 2.45) is 0 Å². The number of benzene rings is 2. The summed E-state index contributed by atoms with van der Waals surface area (Å²) in [7, 11) is -3.62. The molecule has 0 bridgehead atoms. The Morgan fingerprint density at radius 1 is 1.03 bits per heavy atom. The maximum Gasteiger partial charge on any atom is 0.251 e. The fraction of sp³-hybridized carbons (Fsp3) is 0.409. The third-order valence-electron chi connectivity index (χ3n) is 5.32. The number of carbonyl (C=O) groups is 1. The van der Waals surface area contributed by atoms with Crippen LogP contribution in [0.3, 0.4) is 0 Å². The molecule has 5 nitrogen and oxygen atoms in total. The second-order valence-corrected chi connectivity index (χ2v) is 9.76. The van der Waals surface area contributed by atoms with Gasteiger partial charge in [0.25, 0.3) is 5.91 Å². The highest BCUT2D eigenvalue weighted by Crippen LogP contribution is 2.21. The van der Waals surface area contributed by atoms with Crippen LogP contribution in [0.25, 0.3) is 0 Å². The van der Waals surface area contributed by atoms with E-state index in [1.54, 1.807) is 31.2 Å². The zero-order valence-electron chi connectivity index (χ0n) is 16.6. The van der Waals surface area contributed by atoms with Crippen molar-refractivity contribution < 1.29 is 13.2 Å². The molecule has 0 aromatic heterocycles. The highest BCUT2D eigenvalue weighted by Gasteiger charge is 2.23. The second kappa shape index (κ2) is 9.74. The van der Waals surface area contributed by atoms with Crippen LogP contribution in [0.5, 0.6) is 0 Å². The lowest BCUT2D eigenvalue weighted by Gasteiger charge is -2.23. The Morgan fingerprint density at radius 3 is 2.24 bits per heavy atom. The lowest BCUT2D eigenvalue weighted by molar-refractivity contribution is 0.0927. The molecule has 7 heteroatoms. The van der Waals surface area contributed by atoms with Crippen molar-refractivity contribution in [1.82, 2.24) is 9.62 Å². The third kappa shape index (κ3) is 5.59. The van der Waals surface area contributed by atoms with Gasteiger partial charge in [0.05, 0.1) is 4.90 Å². The van der Waals surface area contributed by atoms with Crippen LogP contribution >= 0.6 is 11.6 Å². The van der Waals surface area contributed by atoms with Gasteiger partial charge in [-0.05, 0) is 54.8 Å². The van der Waals surface area contributed by atoms with Gasteiger partial charge in [-0.3, -0.25) is 4.79 Å². The summed E-state index contributed by atoms with van der Waals surface area (Å²) in [6, 6.07) is 13.6. The minimum Gasteiger partial charge on any atom is -0.349 e. The molecule has 0 saturated heterocycles. The summed E-state index contributed by atoms with van der Waals surface area (Å²) in [4.78, 5) is 12.7. The number of sulfonamides is 1. The summed E-state index contributed by atoms with van der Waals surface area (Å²) in [5.74, 6) is -0.0652. The minimum absolute atomic E-state index is 0.0652. The summed E-state index contributed by atoms with van der Waals surface area (Å²) < 4.78 is 27.2. The number of carbonyl (C=O) groups excluding carboxylic acids is 1. The maximum absolute atomic E-state index is 12.9. The molecule has 1 fully saturated rings. The molecule has 0 spiro atoms. The summed E-state index contributed by atoms with van der Waals surface area (Å²) >= 11 is 5.87. The first-order valence-electron chi connectivity index (χ1n) is 10.1. The molecule has 1 saturated carbocycles. The molecule has 0 unspecified atom stereocenters. The highest BCUT2D eigenvalue weighted by molar-refractivity contribution is 7.89. The van der Waals surface area contributed by atoms with Crippen molar-refractivity contribution in [2.75, 3.05) is 6.54 Å². The van der Waals surface area contributed by atoms with Gasteiger partial charge in [0.2, 0.25) is 10.0 Å². The Hall–Kier alpha value is -1.89. The van der Waals surface area contributed by atoms with Crippen molar-refractivity contribution in [3.05, 3.63) is 64.7 Å². The Kier molecular flexibility index (Phi) is 7.33. The van der Waals surface area contributed by atoms with Crippen LogP contribution in [0, 0.1) is 0 Å². The number of nitrogens with zero attached hydrogens (tertiary/aromatic N) is 1. The zero-order chi connectivity index (χ0) is 20.9. The average Bonchev–Trinajstić information content (AvgIpc) is 2.73. The normalized spacial score (nSPS) is 15.4. The minimum atomic E-state index is -3.62. The van der Waals surface area contributed by atoms with Crippen LogP contribution in [-0.2, 0) is 16.6 Å². The van der Waals surface area contributed by atoms with Crippen molar-refractivity contribution in [2.45, 2.75) is 56.5 Å². The molecule has 0 aliphatic heterocycles. The average molecular weight is 435 g/mol. The first kappa shape index (κ1) is 21.8. The molecule has 2 aromatic rings. The number of rotatable bonds is 7. The Bertz CT molecular complexity index is 922. The number of nitrogens with one attached hydrogen (secondary N) is 1. The van der Waals surface area contributed by atoms with E-state index in [0.29, 0.717) is 17.1 Å². The van der Waals surface area contributed by atoms with Gasteiger partial charge in [0, 0.05) is 29.7 Å². The monoisotopic (exact) mass is 434 g/mol. The van der Waals surface area contributed by atoms with Gasteiger partial charge in [-0.2, -0.15) is 4.31 Å². The van der Waals surface area contributed by atoms with E-state index >= 15 is 0 Å². The summed E-state index contributed by atoms with van der Waals surface area (Å²) in [5.41, 5.74) is 1.43. The SMILES string of the molecule is CCN(Cc1ccc(C(=O)NC2CCCCC2)cc1)S(=O)(=O)c1ccc(Cl)cc1. The third-order valence-corrected chi connectivity index (χ3v) is 7.51. The predicted molar refractivity (Wildman–Crippen MR) is 116 cm³/mol. The fourth-order valence-electron chi connectivity index (χ4n) is 3.60. The summed E-state index contributed by atoms with van der Waals surface area (Å²) in [6.07, 6.45) is 5.65. The van der Waals surface area contributed by atoms with E-state index in [4.69, 9.17) is 11.6 Å². The second-order valence-electron chi connectivity index (χ2n) is 7.39.